The predicted octanol–water partition coefficient (Wildman–Crippen LogP) is 3.34. The number of anilines is 2. The van der Waals surface area contributed by atoms with Crippen LogP contribution >= 0.6 is 0 Å². The lowest BCUT2D eigenvalue weighted by Crippen LogP contribution is -2.56. The minimum absolute atomic E-state index is 0.284. The number of nitrogens with one attached hydrogen (secondary N) is 2. The van der Waals surface area contributed by atoms with Crippen LogP contribution in [0.25, 0.3) is 0 Å². The van der Waals surface area contributed by atoms with E-state index in [1.807, 2.05) is 36.7 Å². The minimum Gasteiger partial charge on any atom is -0.466 e. The van der Waals surface area contributed by atoms with E-state index >= 15 is 0 Å². The lowest BCUT2D eigenvalue weighted by Gasteiger charge is -2.33. The third-order valence-corrected chi connectivity index (χ3v) is 5.33. The summed E-state index contributed by atoms with van der Waals surface area (Å²) in [5.41, 5.74) is 0.761. The Morgan fingerprint density at radius 2 is 2.04 bits per heavy atom. The average molecular weight is 368 g/mol. The molecular formula is C20H24N4O3. The first kappa shape index (κ1) is 17.6. The molecule has 4 rings (SSSR count). The van der Waals surface area contributed by atoms with E-state index in [0.717, 1.165) is 36.9 Å². The molecule has 0 radical (unpaired) electrons. The van der Waals surface area contributed by atoms with Gasteiger partial charge in [-0.15, -0.1) is 0 Å². The van der Waals surface area contributed by atoms with Gasteiger partial charge in [0.25, 0.3) is 17.4 Å². The van der Waals surface area contributed by atoms with Gasteiger partial charge < -0.3 is 15.4 Å². The smallest absolute Gasteiger partial charge is 0.279 e. The highest BCUT2D eigenvalue weighted by atomic mass is 16.5. The van der Waals surface area contributed by atoms with Crippen LogP contribution in [0.2, 0.25) is 0 Å². The first-order valence-corrected chi connectivity index (χ1v) is 9.35. The van der Waals surface area contributed by atoms with Crippen molar-refractivity contribution in [2.75, 3.05) is 10.6 Å². The molecule has 1 aromatic heterocycles. The second-order valence-electron chi connectivity index (χ2n) is 7.60. The first-order chi connectivity index (χ1) is 12.9. The molecule has 142 valence electrons. The van der Waals surface area contributed by atoms with Crippen molar-refractivity contribution < 1.29 is 14.3 Å². The van der Waals surface area contributed by atoms with Gasteiger partial charge in [-0.1, -0.05) is 18.9 Å². The summed E-state index contributed by atoms with van der Waals surface area (Å²) in [5.74, 6) is 0.0992. The number of nitrogens with zero attached hydrogens (tertiary/aromatic N) is 2. The maximum Gasteiger partial charge on any atom is 0.279 e. The highest BCUT2D eigenvalue weighted by Gasteiger charge is 2.47. The summed E-state index contributed by atoms with van der Waals surface area (Å²) in [7, 11) is 0. The summed E-state index contributed by atoms with van der Waals surface area (Å²) < 4.78 is 7.72. The molecule has 27 heavy (non-hydrogen) atoms. The zero-order valence-electron chi connectivity index (χ0n) is 15.8. The molecular weight excluding hydrogens is 344 g/mol. The van der Waals surface area contributed by atoms with E-state index in [2.05, 4.69) is 15.7 Å². The highest BCUT2D eigenvalue weighted by molar-refractivity contribution is 6.18. The molecule has 2 N–H and O–H groups in total. The molecule has 2 aromatic rings. The van der Waals surface area contributed by atoms with Crippen molar-refractivity contribution in [3.8, 4) is 5.75 Å². The number of amides is 2. The van der Waals surface area contributed by atoms with Gasteiger partial charge in [0.1, 0.15) is 11.6 Å². The quantitative estimate of drug-likeness (QED) is 0.814. The molecule has 7 nitrogen and oxygen atoms in total. The first-order valence-electron chi connectivity index (χ1n) is 9.35. The number of benzene rings is 1. The van der Waals surface area contributed by atoms with Crippen molar-refractivity contribution in [1.82, 2.24) is 9.78 Å². The number of hydrogen-bond donors (Lipinski definition) is 2. The van der Waals surface area contributed by atoms with Crippen LogP contribution in [0.3, 0.4) is 0 Å². The van der Waals surface area contributed by atoms with E-state index in [4.69, 9.17) is 4.74 Å². The summed E-state index contributed by atoms with van der Waals surface area (Å²) in [6.45, 7) is 5.31. The minimum atomic E-state index is -1.65. The van der Waals surface area contributed by atoms with Crippen LogP contribution < -0.4 is 15.4 Å². The third-order valence-electron chi connectivity index (χ3n) is 5.33. The second kappa shape index (κ2) is 6.40. The monoisotopic (exact) mass is 368 g/mol. The Morgan fingerprint density at radius 3 is 2.78 bits per heavy atom. The Hall–Kier alpha value is -2.83. The molecule has 1 unspecified atom stereocenters. The summed E-state index contributed by atoms with van der Waals surface area (Å²) in [6.07, 6.45) is 4.42. The topological polar surface area (TPSA) is 85.3 Å². The Bertz CT molecular complexity index is 914. The maximum atomic E-state index is 13.0. The van der Waals surface area contributed by atoms with E-state index in [1.54, 1.807) is 6.07 Å². The van der Waals surface area contributed by atoms with Crippen molar-refractivity contribution in [2.45, 2.75) is 58.1 Å². The van der Waals surface area contributed by atoms with Gasteiger partial charge in [-0.3, -0.25) is 9.59 Å². The number of aryl methyl sites for hydroxylation is 2. The van der Waals surface area contributed by atoms with Crippen LogP contribution in [-0.2, 0) is 9.59 Å². The SMILES string of the molecule is Cc1ccc2c(c1)NC(=O)C(C)(C(=O)Nc1cc(C)nn1C1CCCC1)O2. The largest absolute Gasteiger partial charge is 0.466 e. The Labute approximate surface area is 158 Å². The van der Waals surface area contributed by atoms with Crippen LogP contribution in [0.5, 0.6) is 5.75 Å². The van der Waals surface area contributed by atoms with Crippen molar-refractivity contribution in [1.29, 1.82) is 0 Å². The molecule has 2 aliphatic rings. The molecule has 2 amide bonds. The number of ether oxygens (including phenoxy) is 1. The predicted molar refractivity (Wildman–Crippen MR) is 102 cm³/mol. The molecule has 0 spiro atoms. The number of aromatic nitrogens is 2. The number of hydrogen-bond acceptors (Lipinski definition) is 4. The fourth-order valence-corrected chi connectivity index (χ4v) is 3.76. The van der Waals surface area contributed by atoms with Gasteiger partial charge in [-0.25, -0.2) is 4.68 Å². The maximum absolute atomic E-state index is 13.0. The zero-order chi connectivity index (χ0) is 19.2. The molecule has 1 fully saturated rings. The lowest BCUT2D eigenvalue weighted by atomic mass is 10.0. The summed E-state index contributed by atoms with van der Waals surface area (Å²) in [6, 6.07) is 7.59. The van der Waals surface area contributed by atoms with Gasteiger partial charge >= 0.3 is 0 Å². The lowest BCUT2D eigenvalue weighted by molar-refractivity contribution is -0.143. The van der Waals surface area contributed by atoms with Crippen LogP contribution in [0.1, 0.15) is 49.9 Å². The van der Waals surface area contributed by atoms with Crippen LogP contribution in [0.15, 0.2) is 24.3 Å². The number of fused-ring (bicyclic) bond motifs is 1. The van der Waals surface area contributed by atoms with Gasteiger partial charge in [-0.05, 0) is 51.3 Å². The fourth-order valence-electron chi connectivity index (χ4n) is 3.76. The molecule has 1 aromatic carbocycles. The van der Waals surface area contributed by atoms with Crippen molar-refractivity contribution in [3.63, 3.8) is 0 Å². The van der Waals surface area contributed by atoms with Crippen molar-refractivity contribution in [2.24, 2.45) is 0 Å². The molecule has 0 bridgehead atoms. The van der Waals surface area contributed by atoms with Gasteiger partial charge in [0.2, 0.25) is 0 Å². The molecule has 0 saturated heterocycles. The van der Waals surface area contributed by atoms with E-state index in [9.17, 15) is 9.59 Å². The average Bonchev–Trinajstić information content (AvgIpc) is 3.26. The molecule has 1 atom stereocenters. The normalized spacial score (nSPS) is 22.1. The molecule has 2 heterocycles. The van der Waals surface area contributed by atoms with Gasteiger partial charge in [0, 0.05) is 6.07 Å². The number of rotatable bonds is 3. The van der Waals surface area contributed by atoms with Gasteiger partial charge in [-0.2, -0.15) is 5.10 Å². The van der Waals surface area contributed by atoms with E-state index in [-0.39, 0.29) is 6.04 Å². The van der Waals surface area contributed by atoms with Crippen LogP contribution in [0.4, 0.5) is 11.5 Å². The Kier molecular flexibility index (Phi) is 4.17. The molecule has 1 aliphatic carbocycles. The summed E-state index contributed by atoms with van der Waals surface area (Å²) >= 11 is 0. The zero-order valence-corrected chi connectivity index (χ0v) is 15.8. The van der Waals surface area contributed by atoms with E-state index in [0.29, 0.717) is 17.3 Å². The van der Waals surface area contributed by atoms with Gasteiger partial charge in [0.05, 0.1) is 17.4 Å². The standard InChI is InChI=1S/C20H24N4O3/c1-12-8-9-16-15(10-12)21-18(25)20(3,27-16)19(26)22-17-11-13(2)23-24(17)14-6-4-5-7-14/h8-11,14H,4-7H2,1-3H3,(H,21,25)(H,22,26). The molecule has 7 heteroatoms. The Morgan fingerprint density at radius 1 is 1.30 bits per heavy atom. The second-order valence-corrected chi connectivity index (χ2v) is 7.60. The molecule has 1 saturated carbocycles. The van der Waals surface area contributed by atoms with Crippen molar-refractivity contribution >= 4 is 23.3 Å². The molecule has 1 aliphatic heterocycles. The van der Waals surface area contributed by atoms with Crippen molar-refractivity contribution in [3.05, 3.63) is 35.5 Å². The fraction of sp³-hybridized carbons (Fsp3) is 0.450. The van der Waals surface area contributed by atoms with Gasteiger partial charge in [0.15, 0.2) is 0 Å². The Balaban J connectivity index is 1.60. The van der Waals surface area contributed by atoms with Crippen LogP contribution in [-0.4, -0.2) is 27.2 Å². The highest BCUT2D eigenvalue weighted by Crippen LogP contribution is 2.36. The summed E-state index contributed by atoms with van der Waals surface area (Å²) in [4.78, 5) is 25.7. The summed E-state index contributed by atoms with van der Waals surface area (Å²) in [5, 5.41) is 10.2. The number of carbonyl (C=O) groups is 2. The van der Waals surface area contributed by atoms with Crippen LogP contribution in [0, 0.1) is 13.8 Å². The third kappa shape index (κ3) is 3.07. The number of carbonyl (C=O) groups excluding carboxylic acids is 2. The van der Waals surface area contributed by atoms with E-state index in [1.165, 1.54) is 6.92 Å². The van der Waals surface area contributed by atoms with E-state index < -0.39 is 17.4 Å².